The zero-order chi connectivity index (χ0) is 36.7. The van der Waals surface area contributed by atoms with Gasteiger partial charge in [-0.2, -0.15) is 0 Å². The smallest absolute Gasteiger partial charge is 0.0543 e. The second-order valence-electron chi connectivity index (χ2n) is 18.0. The van der Waals surface area contributed by atoms with Gasteiger partial charge in [-0.15, -0.1) is 0 Å². The van der Waals surface area contributed by atoms with Gasteiger partial charge in [0.25, 0.3) is 0 Å². The Morgan fingerprint density at radius 1 is 0.453 bits per heavy atom. The molecule has 0 fully saturated rings. The molecule has 0 heterocycles. The SMILES string of the molecule is Cc1cc2c(cc1N(c1ccc(-c3ccccc3)cc1)c1cc3c(cc1-c1ccc4c(c1)C(C)(C)CCC4(C)C)-c1ccccc1C3(C)C)CCCC2. The Bertz CT molecular complexity index is 2370. The molecule has 6 aromatic rings. The fourth-order valence-corrected chi connectivity index (χ4v) is 9.89. The molecule has 0 saturated carbocycles. The summed E-state index contributed by atoms with van der Waals surface area (Å²) in [6.07, 6.45) is 7.29. The normalized spacial score (nSPS) is 17.3. The maximum atomic E-state index is 2.60. The highest BCUT2D eigenvalue weighted by molar-refractivity contribution is 5.95. The maximum Gasteiger partial charge on any atom is 0.0543 e. The Morgan fingerprint density at radius 3 is 1.81 bits per heavy atom. The quantitative estimate of drug-likeness (QED) is 0.174. The molecule has 0 amide bonds. The third-order valence-corrected chi connectivity index (χ3v) is 13.2. The van der Waals surface area contributed by atoms with Gasteiger partial charge in [-0.05, 0) is 153 Å². The molecule has 0 aromatic heterocycles. The van der Waals surface area contributed by atoms with Gasteiger partial charge in [-0.1, -0.05) is 133 Å². The Labute approximate surface area is 317 Å². The molecule has 1 heteroatoms. The highest BCUT2D eigenvalue weighted by Gasteiger charge is 2.39. The number of hydrogen-bond donors (Lipinski definition) is 0. The van der Waals surface area contributed by atoms with Crippen molar-refractivity contribution in [3.05, 3.63) is 160 Å². The number of benzene rings is 6. The van der Waals surface area contributed by atoms with Crippen LogP contribution in [0.15, 0.2) is 121 Å². The summed E-state index contributed by atoms with van der Waals surface area (Å²) < 4.78 is 0. The molecule has 0 saturated heterocycles. The van der Waals surface area contributed by atoms with Crippen LogP contribution in [-0.4, -0.2) is 0 Å². The van der Waals surface area contributed by atoms with Crippen molar-refractivity contribution in [2.24, 2.45) is 0 Å². The molecule has 0 N–H and O–H groups in total. The van der Waals surface area contributed by atoms with Crippen LogP contribution in [0.2, 0.25) is 0 Å². The van der Waals surface area contributed by atoms with E-state index in [0.717, 1.165) is 6.42 Å². The summed E-state index contributed by atoms with van der Waals surface area (Å²) in [4.78, 5) is 2.60. The number of fused-ring (bicyclic) bond motifs is 5. The van der Waals surface area contributed by atoms with Crippen molar-refractivity contribution in [1.82, 2.24) is 0 Å². The van der Waals surface area contributed by atoms with Gasteiger partial charge < -0.3 is 4.90 Å². The van der Waals surface area contributed by atoms with Crippen LogP contribution in [0.25, 0.3) is 33.4 Å². The lowest BCUT2D eigenvalue weighted by Crippen LogP contribution is -2.33. The second kappa shape index (κ2) is 12.3. The van der Waals surface area contributed by atoms with Crippen LogP contribution in [0.1, 0.15) is 106 Å². The van der Waals surface area contributed by atoms with Gasteiger partial charge in [0, 0.05) is 22.4 Å². The van der Waals surface area contributed by atoms with E-state index >= 15 is 0 Å². The van der Waals surface area contributed by atoms with E-state index in [1.165, 1.54) is 121 Å². The first kappa shape index (κ1) is 33.9. The molecule has 6 aromatic carbocycles. The van der Waals surface area contributed by atoms with E-state index in [0.29, 0.717) is 0 Å². The molecule has 1 nitrogen and oxygen atoms in total. The molecule has 266 valence electrons. The van der Waals surface area contributed by atoms with Crippen molar-refractivity contribution in [3.63, 3.8) is 0 Å². The first-order chi connectivity index (χ1) is 25.4. The Balaban J connectivity index is 1.33. The maximum absolute atomic E-state index is 2.60. The zero-order valence-corrected chi connectivity index (χ0v) is 32.7. The largest absolute Gasteiger partial charge is 0.310 e. The average Bonchev–Trinajstić information content (AvgIpc) is 3.39. The third-order valence-electron chi connectivity index (χ3n) is 13.2. The lowest BCUT2D eigenvalue weighted by molar-refractivity contribution is 0.332. The van der Waals surface area contributed by atoms with Crippen molar-refractivity contribution in [1.29, 1.82) is 0 Å². The van der Waals surface area contributed by atoms with Gasteiger partial charge >= 0.3 is 0 Å². The second-order valence-corrected chi connectivity index (χ2v) is 18.0. The summed E-state index contributed by atoms with van der Waals surface area (Å²) in [5.41, 5.74) is 21.9. The molecule has 0 unspecified atom stereocenters. The summed E-state index contributed by atoms with van der Waals surface area (Å²) in [5.74, 6) is 0. The summed E-state index contributed by atoms with van der Waals surface area (Å²) >= 11 is 0. The van der Waals surface area contributed by atoms with Crippen molar-refractivity contribution in [2.75, 3.05) is 4.90 Å². The molecule has 0 bridgehead atoms. The number of rotatable bonds is 5. The zero-order valence-electron chi connectivity index (χ0n) is 32.7. The third kappa shape index (κ3) is 5.58. The predicted octanol–water partition coefficient (Wildman–Crippen LogP) is 14.3. The monoisotopic (exact) mass is 691 g/mol. The highest BCUT2D eigenvalue weighted by atomic mass is 15.1. The summed E-state index contributed by atoms with van der Waals surface area (Å²) in [7, 11) is 0. The van der Waals surface area contributed by atoms with Crippen molar-refractivity contribution in [3.8, 4) is 33.4 Å². The lowest BCUT2D eigenvalue weighted by atomic mass is 9.63. The summed E-state index contributed by atoms with van der Waals surface area (Å²) in [6, 6.07) is 46.7. The van der Waals surface area contributed by atoms with Crippen LogP contribution in [0.5, 0.6) is 0 Å². The van der Waals surface area contributed by atoms with E-state index < -0.39 is 0 Å². The standard InChI is InChI=1S/C52H53N/c1-34-29-37-17-11-12-18-38(37)31-48(34)53(40-24-21-36(22-25-40)35-15-9-8-10-16-35)49-33-46-43(41-19-13-14-20-44(41)52(46,6)7)32-42(49)39-23-26-45-47(30-39)51(4,5)28-27-50(45,2)3/h8-10,13-16,19-26,29-33H,11-12,17-18,27-28H2,1-7H3. The number of hydrogen-bond acceptors (Lipinski definition) is 1. The van der Waals surface area contributed by atoms with Crippen LogP contribution in [0, 0.1) is 6.92 Å². The number of nitrogens with zero attached hydrogens (tertiary/aromatic N) is 1. The Morgan fingerprint density at radius 2 is 1.08 bits per heavy atom. The van der Waals surface area contributed by atoms with Crippen molar-refractivity contribution in [2.45, 2.75) is 103 Å². The minimum absolute atomic E-state index is 0.116. The molecular weight excluding hydrogens is 639 g/mol. The highest BCUT2D eigenvalue weighted by Crippen LogP contribution is 2.55. The Hall–Kier alpha value is -4.88. The van der Waals surface area contributed by atoms with E-state index in [4.69, 9.17) is 0 Å². The first-order valence-electron chi connectivity index (χ1n) is 19.9. The topological polar surface area (TPSA) is 3.24 Å². The van der Waals surface area contributed by atoms with E-state index in [1.54, 1.807) is 0 Å². The summed E-state index contributed by atoms with van der Waals surface area (Å²) in [5, 5.41) is 0. The Kier molecular flexibility index (Phi) is 7.90. The fraction of sp³-hybridized carbons (Fsp3) is 0.308. The average molecular weight is 692 g/mol. The van der Waals surface area contributed by atoms with Gasteiger partial charge in [0.2, 0.25) is 0 Å². The van der Waals surface area contributed by atoms with E-state index in [1.807, 2.05) is 0 Å². The van der Waals surface area contributed by atoms with E-state index in [2.05, 4.69) is 175 Å². The molecule has 3 aliphatic carbocycles. The van der Waals surface area contributed by atoms with Crippen LogP contribution in [0.4, 0.5) is 17.1 Å². The molecule has 0 aliphatic heterocycles. The van der Waals surface area contributed by atoms with Gasteiger partial charge in [0.1, 0.15) is 0 Å². The van der Waals surface area contributed by atoms with Crippen molar-refractivity contribution < 1.29 is 0 Å². The molecular formula is C52H53N. The van der Waals surface area contributed by atoms with E-state index in [-0.39, 0.29) is 16.2 Å². The molecule has 0 atom stereocenters. The predicted molar refractivity (Wildman–Crippen MR) is 226 cm³/mol. The first-order valence-corrected chi connectivity index (χ1v) is 19.9. The minimum Gasteiger partial charge on any atom is -0.310 e. The molecule has 53 heavy (non-hydrogen) atoms. The van der Waals surface area contributed by atoms with E-state index in [9.17, 15) is 0 Å². The molecule has 0 radical (unpaired) electrons. The molecule has 9 rings (SSSR count). The summed E-state index contributed by atoms with van der Waals surface area (Å²) in [6.45, 7) is 16.9. The van der Waals surface area contributed by atoms with Crippen LogP contribution in [-0.2, 0) is 29.1 Å². The lowest BCUT2D eigenvalue weighted by Gasteiger charge is -2.42. The van der Waals surface area contributed by atoms with Crippen LogP contribution >= 0.6 is 0 Å². The van der Waals surface area contributed by atoms with Crippen molar-refractivity contribution >= 4 is 17.1 Å². The van der Waals surface area contributed by atoms with Gasteiger partial charge in [-0.3, -0.25) is 0 Å². The molecule has 0 spiro atoms. The van der Waals surface area contributed by atoms with Gasteiger partial charge in [0.15, 0.2) is 0 Å². The number of anilines is 3. The number of aryl methyl sites for hydroxylation is 3. The minimum atomic E-state index is -0.116. The molecule has 3 aliphatic rings. The van der Waals surface area contributed by atoms with Crippen LogP contribution in [0.3, 0.4) is 0 Å². The van der Waals surface area contributed by atoms with Gasteiger partial charge in [-0.25, -0.2) is 0 Å². The van der Waals surface area contributed by atoms with Crippen LogP contribution < -0.4 is 4.90 Å². The fourth-order valence-electron chi connectivity index (χ4n) is 9.89. The van der Waals surface area contributed by atoms with Gasteiger partial charge in [0.05, 0.1) is 5.69 Å².